The molecule has 158 valence electrons. The van der Waals surface area contributed by atoms with E-state index in [-0.39, 0.29) is 35.8 Å². The third-order valence-electron chi connectivity index (χ3n) is 5.01. The zero-order valence-electron chi connectivity index (χ0n) is 16.5. The molecule has 0 aromatic heterocycles. The van der Waals surface area contributed by atoms with Gasteiger partial charge in [-0.15, -0.1) is 24.0 Å². The zero-order valence-corrected chi connectivity index (χ0v) is 19.7. The summed E-state index contributed by atoms with van der Waals surface area (Å²) in [6.45, 7) is 7.56. The average molecular weight is 522 g/mol. The molecule has 0 saturated carbocycles. The smallest absolute Gasteiger partial charge is 0.191 e. The van der Waals surface area contributed by atoms with Gasteiger partial charge in [-0.3, -0.25) is 9.89 Å². The second kappa shape index (κ2) is 12.9. The van der Waals surface area contributed by atoms with Crippen molar-refractivity contribution in [3.05, 3.63) is 35.6 Å². The molecule has 0 bridgehead atoms. The van der Waals surface area contributed by atoms with Crippen LogP contribution in [-0.4, -0.2) is 67.8 Å². The molecule has 5 nitrogen and oxygen atoms in total. The van der Waals surface area contributed by atoms with E-state index in [4.69, 9.17) is 9.73 Å². The maximum absolute atomic E-state index is 13.8. The lowest BCUT2D eigenvalue weighted by molar-refractivity contribution is 0.0179. The number of nitrogens with one attached hydrogen (secondary N) is 2. The van der Waals surface area contributed by atoms with Crippen LogP contribution in [0.1, 0.15) is 31.4 Å². The van der Waals surface area contributed by atoms with E-state index in [9.17, 15) is 4.39 Å². The molecule has 1 aromatic carbocycles. The van der Waals surface area contributed by atoms with Crippen molar-refractivity contribution in [2.45, 2.75) is 31.1 Å². The molecule has 0 aliphatic carbocycles. The van der Waals surface area contributed by atoms with E-state index < -0.39 is 0 Å². The van der Waals surface area contributed by atoms with Gasteiger partial charge in [0.15, 0.2) is 5.96 Å². The summed E-state index contributed by atoms with van der Waals surface area (Å²) in [5, 5.41) is 7.50. The Morgan fingerprint density at radius 2 is 2.18 bits per heavy atom. The monoisotopic (exact) mass is 522 g/mol. The van der Waals surface area contributed by atoms with Crippen molar-refractivity contribution < 1.29 is 9.13 Å². The summed E-state index contributed by atoms with van der Waals surface area (Å²) in [4.78, 5) is 7.18. The van der Waals surface area contributed by atoms with Crippen LogP contribution in [0.2, 0.25) is 0 Å². The first-order valence-corrected chi connectivity index (χ1v) is 11.0. The van der Waals surface area contributed by atoms with Crippen LogP contribution in [0.4, 0.5) is 4.39 Å². The van der Waals surface area contributed by atoms with E-state index in [0.717, 1.165) is 37.7 Å². The van der Waals surface area contributed by atoms with E-state index in [1.807, 2.05) is 17.8 Å². The Morgan fingerprint density at radius 3 is 2.86 bits per heavy atom. The average Bonchev–Trinajstić information content (AvgIpc) is 3.21. The Morgan fingerprint density at radius 1 is 1.36 bits per heavy atom. The molecular weight excluding hydrogens is 490 g/mol. The van der Waals surface area contributed by atoms with Crippen LogP contribution in [0, 0.1) is 5.82 Å². The predicted molar refractivity (Wildman–Crippen MR) is 126 cm³/mol. The molecule has 8 heteroatoms. The van der Waals surface area contributed by atoms with Gasteiger partial charge in [0.05, 0.1) is 25.8 Å². The molecule has 0 radical (unpaired) electrons. The number of hydrogen-bond acceptors (Lipinski definition) is 4. The number of aliphatic imine (C=N–C) groups is 1. The Hall–Kier alpha value is -0.580. The third kappa shape index (κ3) is 7.35. The maximum Gasteiger partial charge on any atom is 0.191 e. The van der Waals surface area contributed by atoms with E-state index in [0.29, 0.717) is 25.0 Å². The van der Waals surface area contributed by atoms with Gasteiger partial charge in [-0.25, -0.2) is 4.39 Å². The topological polar surface area (TPSA) is 48.9 Å². The summed E-state index contributed by atoms with van der Waals surface area (Å²) in [5.41, 5.74) is 0.975. The second-order valence-corrected chi connectivity index (χ2v) is 8.36. The lowest BCUT2D eigenvalue weighted by Crippen LogP contribution is -2.42. The minimum Gasteiger partial charge on any atom is -0.379 e. The van der Waals surface area contributed by atoms with Gasteiger partial charge in [0.1, 0.15) is 5.82 Å². The molecule has 2 fully saturated rings. The van der Waals surface area contributed by atoms with Crippen molar-refractivity contribution >= 4 is 41.7 Å². The molecule has 2 unspecified atom stereocenters. The number of guanidine groups is 1. The number of benzene rings is 1. The molecule has 0 spiro atoms. The molecule has 2 atom stereocenters. The van der Waals surface area contributed by atoms with E-state index in [2.05, 4.69) is 22.5 Å². The summed E-state index contributed by atoms with van der Waals surface area (Å²) in [6.07, 6.45) is 2.58. The first-order chi connectivity index (χ1) is 13.3. The lowest BCUT2D eigenvalue weighted by atomic mass is 10.0. The van der Waals surface area contributed by atoms with Gasteiger partial charge in [0.25, 0.3) is 0 Å². The van der Waals surface area contributed by atoms with Crippen LogP contribution in [0.15, 0.2) is 29.3 Å². The van der Waals surface area contributed by atoms with E-state index in [1.54, 1.807) is 12.1 Å². The number of ether oxygens (including phenoxy) is 1. The van der Waals surface area contributed by atoms with Crippen molar-refractivity contribution in [1.29, 1.82) is 0 Å². The summed E-state index contributed by atoms with van der Waals surface area (Å²) in [6, 6.07) is 6.96. The number of halogens is 2. The van der Waals surface area contributed by atoms with E-state index >= 15 is 0 Å². The van der Waals surface area contributed by atoms with Crippen LogP contribution in [0.5, 0.6) is 0 Å². The molecule has 2 aliphatic heterocycles. The van der Waals surface area contributed by atoms with Crippen molar-refractivity contribution in [3.63, 3.8) is 0 Å². The Kier molecular flexibility index (Phi) is 10.9. The van der Waals surface area contributed by atoms with E-state index in [1.165, 1.54) is 24.7 Å². The Bertz CT molecular complexity index is 610. The van der Waals surface area contributed by atoms with Gasteiger partial charge in [0.2, 0.25) is 0 Å². The molecule has 0 amide bonds. The van der Waals surface area contributed by atoms with Crippen molar-refractivity contribution in [1.82, 2.24) is 15.5 Å². The van der Waals surface area contributed by atoms with Gasteiger partial charge in [0, 0.05) is 31.4 Å². The highest BCUT2D eigenvalue weighted by atomic mass is 127. The maximum atomic E-state index is 13.8. The van der Waals surface area contributed by atoms with Crippen LogP contribution in [0.3, 0.4) is 0 Å². The first-order valence-electron chi connectivity index (χ1n) is 9.97. The lowest BCUT2D eigenvalue weighted by Gasteiger charge is -2.34. The van der Waals surface area contributed by atoms with Crippen molar-refractivity contribution in [2.75, 3.05) is 51.7 Å². The fourth-order valence-corrected chi connectivity index (χ4v) is 4.77. The molecule has 2 N–H and O–H groups in total. The third-order valence-corrected chi connectivity index (χ3v) is 6.41. The van der Waals surface area contributed by atoms with Gasteiger partial charge < -0.3 is 15.4 Å². The number of thioether (sulfide) groups is 1. The fourth-order valence-electron chi connectivity index (χ4n) is 3.57. The molecule has 2 heterocycles. The van der Waals surface area contributed by atoms with Crippen molar-refractivity contribution in [3.8, 4) is 0 Å². The highest BCUT2D eigenvalue weighted by Gasteiger charge is 2.23. The largest absolute Gasteiger partial charge is 0.379 e. The number of hydrogen-bond donors (Lipinski definition) is 2. The summed E-state index contributed by atoms with van der Waals surface area (Å²) in [7, 11) is 0. The summed E-state index contributed by atoms with van der Waals surface area (Å²) in [5.74, 6) is 1.91. The Labute approximate surface area is 189 Å². The van der Waals surface area contributed by atoms with Crippen LogP contribution < -0.4 is 10.6 Å². The predicted octanol–water partition coefficient (Wildman–Crippen LogP) is 3.27. The molecule has 2 saturated heterocycles. The molecule has 1 aromatic rings. The highest BCUT2D eigenvalue weighted by molar-refractivity contribution is 14.0. The van der Waals surface area contributed by atoms with Gasteiger partial charge >= 0.3 is 0 Å². The molecule has 3 rings (SSSR count). The number of nitrogens with zero attached hydrogens (tertiary/aromatic N) is 2. The zero-order chi connectivity index (χ0) is 18.9. The molecule has 2 aliphatic rings. The van der Waals surface area contributed by atoms with Crippen LogP contribution >= 0.6 is 35.7 Å². The van der Waals surface area contributed by atoms with Gasteiger partial charge in [-0.2, -0.15) is 11.8 Å². The SMILES string of the molecule is CCNC(=NCC(c1cccc(F)c1)N1CCOCC1)NCC1CCCS1.I. The van der Waals surface area contributed by atoms with Crippen LogP contribution in [0.25, 0.3) is 0 Å². The number of rotatable bonds is 7. The number of morpholine rings is 1. The summed E-state index contributed by atoms with van der Waals surface area (Å²) < 4.78 is 19.3. The highest BCUT2D eigenvalue weighted by Crippen LogP contribution is 2.25. The van der Waals surface area contributed by atoms with Gasteiger partial charge in [-0.05, 0) is 43.2 Å². The standard InChI is InChI=1S/C20H31FN4OS.HI/c1-2-22-20(23-14-18-7-4-12-27-18)24-15-19(25-8-10-26-11-9-25)16-5-3-6-17(21)13-16;/h3,5-6,13,18-19H,2,4,7-12,14-15H2,1H3,(H2,22,23,24);1H. The first kappa shape index (κ1) is 23.7. The second-order valence-electron chi connectivity index (χ2n) is 6.95. The fraction of sp³-hybridized carbons (Fsp3) is 0.650. The normalized spacial score (nSPS) is 21.8. The van der Waals surface area contributed by atoms with Crippen molar-refractivity contribution in [2.24, 2.45) is 4.99 Å². The Balaban J connectivity index is 0.00000280. The van der Waals surface area contributed by atoms with Crippen LogP contribution in [-0.2, 0) is 4.74 Å². The molecule has 28 heavy (non-hydrogen) atoms. The summed E-state index contributed by atoms with van der Waals surface area (Å²) >= 11 is 2.04. The van der Waals surface area contributed by atoms with Gasteiger partial charge in [-0.1, -0.05) is 12.1 Å². The molecular formula is C20H32FIN4OS. The minimum absolute atomic E-state index is 0. The minimum atomic E-state index is -0.196. The quantitative estimate of drug-likeness (QED) is 0.327.